The summed E-state index contributed by atoms with van der Waals surface area (Å²) in [5.74, 6) is 0.360. The van der Waals surface area contributed by atoms with Crippen molar-refractivity contribution in [3.8, 4) is 16.9 Å². The van der Waals surface area contributed by atoms with Gasteiger partial charge in [-0.1, -0.05) is 24.3 Å². The van der Waals surface area contributed by atoms with Gasteiger partial charge in [0, 0.05) is 37.1 Å². The van der Waals surface area contributed by atoms with Crippen molar-refractivity contribution < 1.29 is 18.3 Å². The van der Waals surface area contributed by atoms with Crippen LogP contribution in [-0.2, 0) is 18.4 Å². The van der Waals surface area contributed by atoms with Crippen LogP contribution >= 0.6 is 0 Å². The molecule has 1 amide bonds. The van der Waals surface area contributed by atoms with Crippen molar-refractivity contribution in [2.45, 2.75) is 38.5 Å². The molecule has 2 N–H and O–H groups in total. The number of carbonyl (C=O) groups is 1. The van der Waals surface area contributed by atoms with Crippen LogP contribution in [0.15, 0.2) is 59.7 Å². The molecule has 2 aromatic carbocycles. The third kappa shape index (κ3) is 5.16. The molecule has 2 aromatic heterocycles. The molecule has 0 radical (unpaired) electrons. The Morgan fingerprint density at radius 3 is 2.68 bits per heavy atom. The van der Waals surface area contributed by atoms with E-state index < -0.39 is 6.61 Å². The van der Waals surface area contributed by atoms with Gasteiger partial charge in [-0.05, 0) is 43.0 Å². The first kappa shape index (κ1) is 24.4. The summed E-state index contributed by atoms with van der Waals surface area (Å²) in [4.78, 5) is 33.8. The molecule has 0 saturated carbocycles. The molecule has 0 spiro atoms. The maximum atomic E-state index is 12.9. The van der Waals surface area contributed by atoms with E-state index in [-0.39, 0.29) is 29.8 Å². The fourth-order valence-corrected chi connectivity index (χ4v) is 4.53. The lowest BCUT2D eigenvalue weighted by molar-refractivity contribution is -0.121. The minimum Gasteiger partial charge on any atom is -0.434 e. The van der Waals surface area contributed by atoms with E-state index in [1.807, 2.05) is 12.1 Å². The monoisotopic (exact) mass is 508 g/mol. The second-order valence-corrected chi connectivity index (χ2v) is 8.88. The van der Waals surface area contributed by atoms with Gasteiger partial charge in [0.15, 0.2) is 0 Å². The molecule has 5 rings (SSSR count). The maximum Gasteiger partial charge on any atom is 0.387 e. The SMILES string of the molecule is Cn1c(=O)c2ccc(-c3cnc(NC4CCCCNC4=O)nc3)cc2n1Cc1ccccc1OC(F)F. The number of amides is 1. The first-order valence-corrected chi connectivity index (χ1v) is 12.0. The summed E-state index contributed by atoms with van der Waals surface area (Å²) in [6.07, 6.45) is 5.91. The number of anilines is 1. The Bertz CT molecular complexity index is 1480. The van der Waals surface area contributed by atoms with Crippen LogP contribution in [0.4, 0.5) is 14.7 Å². The first-order valence-electron chi connectivity index (χ1n) is 12.0. The van der Waals surface area contributed by atoms with Gasteiger partial charge in [-0.2, -0.15) is 8.78 Å². The van der Waals surface area contributed by atoms with Crippen molar-refractivity contribution >= 4 is 22.8 Å². The van der Waals surface area contributed by atoms with Crippen molar-refractivity contribution in [3.05, 3.63) is 70.8 Å². The molecule has 37 heavy (non-hydrogen) atoms. The lowest BCUT2D eigenvalue weighted by Gasteiger charge is -2.15. The number of fused-ring (bicyclic) bond motifs is 1. The number of rotatable bonds is 7. The van der Waals surface area contributed by atoms with Crippen LogP contribution in [0.2, 0.25) is 0 Å². The van der Waals surface area contributed by atoms with Crippen LogP contribution in [0.3, 0.4) is 0 Å². The van der Waals surface area contributed by atoms with Crippen molar-refractivity contribution in [3.63, 3.8) is 0 Å². The average molecular weight is 509 g/mol. The van der Waals surface area contributed by atoms with Crippen LogP contribution in [0, 0.1) is 0 Å². The highest BCUT2D eigenvalue weighted by molar-refractivity contribution is 5.85. The molecule has 0 aliphatic carbocycles. The zero-order valence-electron chi connectivity index (χ0n) is 20.2. The van der Waals surface area contributed by atoms with E-state index in [4.69, 9.17) is 0 Å². The number of hydrogen-bond acceptors (Lipinski definition) is 6. The van der Waals surface area contributed by atoms with Crippen molar-refractivity contribution in [1.82, 2.24) is 24.6 Å². The van der Waals surface area contributed by atoms with Gasteiger partial charge in [0.1, 0.15) is 11.8 Å². The number of halogens is 2. The van der Waals surface area contributed by atoms with Crippen LogP contribution in [0.1, 0.15) is 24.8 Å². The number of hydrogen-bond donors (Lipinski definition) is 2. The molecule has 1 unspecified atom stereocenters. The van der Waals surface area contributed by atoms with Gasteiger partial charge in [-0.3, -0.25) is 19.0 Å². The lowest BCUT2D eigenvalue weighted by Crippen LogP contribution is -2.38. The number of aromatic nitrogens is 4. The summed E-state index contributed by atoms with van der Waals surface area (Å²) >= 11 is 0. The number of carbonyl (C=O) groups excluding carboxylic acids is 1. The second kappa shape index (κ2) is 10.4. The minimum absolute atomic E-state index is 0.0572. The van der Waals surface area contributed by atoms with Gasteiger partial charge in [0.05, 0.1) is 17.4 Å². The molecule has 1 fully saturated rings. The molecule has 1 atom stereocenters. The molecular formula is C26H26F2N6O3. The topological polar surface area (TPSA) is 103 Å². The second-order valence-electron chi connectivity index (χ2n) is 8.88. The van der Waals surface area contributed by atoms with E-state index in [2.05, 4.69) is 25.3 Å². The number of ether oxygens (including phenoxy) is 1. The molecule has 4 aromatic rings. The number of nitrogens with one attached hydrogen (secondary N) is 2. The largest absolute Gasteiger partial charge is 0.434 e. The summed E-state index contributed by atoms with van der Waals surface area (Å²) in [6, 6.07) is 11.5. The van der Waals surface area contributed by atoms with E-state index in [0.29, 0.717) is 35.4 Å². The van der Waals surface area contributed by atoms with Gasteiger partial charge in [0.25, 0.3) is 5.56 Å². The number of nitrogens with zero attached hydrogens (tertiary/aromatic N) is 4. The summed E-state index contributed by atoms with van der Waals surface area (Å²) in [5.41, 5.74) is 2.45. The molecule has 0 bridgehead atoms. The van der Waals surface area contributed by atoms with Gasteiger partial charge in [-0.15, -0.1) is 0 Å². The van der Waals surface area contributed by atoms with E-state index in [1.54, 1.807) is 48.4 Å². The molecular weight excluding hydrogens is 482 g/mol. The van der Waals surface area contributed by atoms with Gasteiger partial charge < -0.3 is 15.4 Å². The van der Waals surface area contributed by atoms with Gasteiger partial charge >= 0.3 is 6.61 Å². The fourth-order valence-electron chi connectivity index (χ4n) is 4.53. The molecule has 11 heteroatoms. The summed E-state index contributed by atoms with van der Waals surface area (Å²) in [7, 11) is 1.63. The van der Waals surface area contributed by atoms with Crippen LogP contribution in [-0.4, -0.2) is 44.4 Å². The Balaban J connectivity index is 1.44. The van der Waals surface area contributed by atoms with Crippen molar-refractivity contribution in [1.29, 1.82) is 0 Å². The van der Waals surface area contributed by atoms with Crippen LogP contribution in [0.5, 0.6) is 5.75 Å². The summed E-state index contributed by atoms with van der Waals surface area (Å²) in [6.45, 7) is -2.12. The van der Waals surface area contributed by atoms with Gasteiger partial charge in [-0.25, -0.2) is 9.97 Å². The Labute approximate surface area is 211 Å². The molecule has 9 nitrogen and oxygen atoms in total. The zero-order chi connectivity index (χ0) is 25.9. The van der Waals surface area contributed by atoms with E-state index in [1.165, 1.54) is 10.7 Å². The smallest absolute Gasteiger partial charge is 0.387 e. The minimum atomic E-state index is -2.95. The van der Waals surface area contributed by atoms with E-state index in [0.717, 1.165) is 24.0 Å². The van der Waals surface area contributed by atoms with Crippen LogP contribution in [0.25, 0.3) is 22.0 Å². The quantitative estimate of drug-likeness (QED) is 0.396. The molecule has 1 aliphatic rings. The number of para-hydroxylation sites is 1. The third-order valence-corrected chi connectivity index (χ3v) is 6.49. The first-order chi connectivity index (χ1) is 17.9. The molecule has 1 saturated heterocycles. The van der Waals surface area contributed by atoms with E-state index >= 15 is 0 Å². The lowest BCUT2D eigenvalue weighted by atomic mass is 10.1. The summed E-state index contributed by atoms with van der Waals surface area (Å²) < 4.78 is 33.6. The van der Waals surface area contributed by atoms with Crippen molar-refractivity contribution in [2.24, 2.45) is 7.05 Å². The van der Waals surface area contributed by atoms with Crippen LogP contribution < -0.4 is 20.9 Å². The fraction of sp³-hybridized carbons (Fsp3) is 0.308. The standard InChI is InChI=1S/C26H26F2N6O3/c1-33-24(36)19-10-9-16(12-21(19)34(33)15-17-6-2-3-8-22(17)37-25(27)28)18-13-30-26(31-14-18)32-20-7-4-5-11-29-23(20)35/h2-3,6,8-10,12-14,20,25H,4-5,7,11,15H2,1H3,(H,29,35)(H,30,31,32). The highest BCUT2D eigenvalue weighted by Crippen LogP contribution is 2.26. The Morgan fingerprint density at radius 1 is 1.11 bits per heavy atom. The van der Waals surface area contributed by atoms with E-state index in [9.17, 15) is 18.4 Å². The zero-order valence-corrected chi connectivity index (χ0v) is 20.2. The number of benzene rings is 2. The molecule has 192 valence electrons. The average Bonchev–Trinajstić information content (AvgIpc) is 3.00. The predicted octanol–water partition coefficient (Wildman–Crippen LogP) is 3.53. The Kier molecular flexibility index (Phi) is 6.85. The summed E-state index contributed by atoms with van der Waals surface area (Å²) in [5, 5.41) is 6.47. The third-order valence-electron chi connectivity index (χ3n) is 6.49. The maximum absolute atomic E-state index is 12.9. The van der Waals surface area contributed by atoms with Gasteiger partial charge in [0.2, 0.25) is 11.9 Å². The molecule has 3 heterocycles. The Hall–Kier alpha value is -4.28. The Morgan fingerprint density at radius 2 is 1.89 bits per heavy atom. The highest BCUT2D eigenvalue weighted by atomic mass is 19.3. The number of alkyl halides is 2. The molecule has 1 aliphatic heterocycles. The predicted molar refractivity (Wildman–Crippen MR) is 135 cm³/mol. The highest BCUT2D eigenvalue weighted by Gasteiger charge is 2.21. The van der Waals surface area contributed by atoms with Crippen molar-refractivity contribution in [2.75, 3.05) is 11.9 Å². The normalized spacial score (nSPS) is 16.0.